The van der Waals surface area contributed by atoms with Gasteiger partial charge in [0.2, 0.25) is 5.91 Å². The van der Waals surface area contributed by atoms with Crippen LogP contribution in [0.2, 0.25) is 0 Å². The second kappa shape index (κ2) is 11.0. The quantitative estimate of drug-likeness (QED) is 0.224. The van der Waals surface area contributed by atoms with Gasteiger partial charge in [0.1, 0.15) is 4.70 Å². The topological polar surface area (TPSA) is 64.0 Å². The van der Waals surface area contributed by atoms with Crippen molar-refractivity contribution in [3.63, 3.8) is 0 Å². The molecule has 0 aliphatic carbocycles. The number of rotatable bonds is 9. The summed E-state index contributed by atoms with van der Waals surface area (Å²) in [7, 11) is 0. The first-order chi connectivity index (χ1) is 16.4. The summed E-state index contributed by atoms with van der Waals surface area (Å²) in [5, 5.41) is 5.39. The molecule has 4 aromatic rings. The van der Waals surface area contributed by atoms with Crippen LogP contribution in [0, 0.1) is 13.8 Å². The summed E-state index contributed by atoms with van der Waals surface area (Å²) in [5.74, 6) is 0.0516. The number of unbranched alkanes of at least 4 members (excludes halogenated alkanes) is 1. The molecule has 0 aliphatic heterocycles. The van der Waals surface area contributed by atoms with Crippen LogP contribution in [0.5, 0.6) is 0 Å². The second-order valence-electron chi connectivity index (χ2n) is 8.48. The predicted octanol–water partition coefficient (Wildman–Crippen LogP) is 6.20. The molecule has 0 saturated heterocycles. The van der Waals surface area contributed by atoms with Crippen LogP contribution in [0.4, 0.5) is 5.69 Å². The molecule has 0 radical (unpaired) electrons. The number of nitrogens with zero attached hydrogens (tertiary/aromatic N) is 2. The molecular weight excluding hydrogens is 462 g/mol. The van der Waals surface area contributed by atoms with E-state index in [0.29, 0.717) is 21.9 Å². The lowest BCUT2D eigenvalue weighted by atomic mass is 10.1. The number of thiophene rings is 1. The van der Waals surface area contributed by atoms with Crippen molar-refractivity contribution in [1.29, 1.82) is 0 Å². The highest BCUT2D eigenvalue weighted by molar-refractivity contribution is 7.99. The molecule has 0 aliphatic rings. The number of anilines is 1. The van der Waals surface area contributed by atoms with Crippen molar-refractivity contribution in [1.82, 2.24) is 9.55 Å². The standard InChI is InChI=1S/C27H29N3O2S2/c1-4-5-6-20-9-11-22(12-10-20)28-24(31)17-34-27-29-23-13-14-33-25(23)26(32)30(27)16-21-8-7-18(2)19(3)15-21/h7-15H,4-6,16-17H2,1-3H3,(H,28,31). The van der Waals surface area contributed by atoms with Gasteiger partial charge in [-0.3, -0.25) is 14.2 Å². The molecule has 0 bridgehead atoms. The number of hydrogen-bond acceptors (Lipinski definition) is 5. The highest BCUT2D eigenvalue weighted by Gasteiger charge is 2.15. The van der Waals surface area contributed by atoms with Crippen molar-refractivity contribution in [2.75, 3.05) is 11.1 Å². The zero-order valence-electron chi connectivity index (χ0n) is 19.8. The molecule has 1 amide bonds. The fourth-order valence-corrected chi connectivity index (χ4v) is 5.30. The van der Waals surface area contributed by atoms with Gasteiger partial charge in [0, 0.05) is 5.69 Å². The van der Waals surface area contributed by atoms with Gasteiger partial charge in [-0.25, -0.2) is 4.98 Å². The van der Waals surface area contributed by atoms with Gasteiger partial charge in [-0.1, -0.05) is 55.4 Å². The molecule has 0 atom stereocenters. The molecule has 2 aromatic carbocycles. The van der Waals surface area contributed by atoms with Crippen molar-refractivity contribution in [3.8, 4) is 0 Å². The van der Waals surface area contributed by atoms with Crippen molar-refractivity contribution >= 4 is 44.9 Å². The van der Waals surface area contributed by atoms with Crippen LogP contribution in [-0.2, 0) is 17.8 Å². The Morgan fingerprint density at radius 3 is 2.56 bits per heavy atom. The van der Waals surface area contributed by atoms with Crippen LogP contribution >= 0.6 is 23.1 Å². The largest absolute Gasteiger partial charge is 0.325 e. The number of thioether (sulfide) groups is 1. The molecule has 5 nitrogen and oxygen atoms in total. The van der Waals surface area contributed by atoms with Crippen LogP contribution in [0.3, 0.4) is 0 Å². The number of nitrogens with one attached hydrogen (secondary N) is 1. The van der Waals surface area contributed by atoms with E-state index in [2.05, 4.69) is 50.4 Å². The number of fused-ring (bicyclic) bond motifs is 1. The van der Waals surface area contributed by atoms with Crippen LogP contribution in [-0.4, -0.2) is 21.2 Å². The molecule has 0 saturated carbocycles. The van der Waals surface area contributed by atoms with E-state index in [1.807, 2.05) is 29.6 Å². The molecule has 1 N–H and O–H groups in total. The van der Waals surface area contributed by atoms with Gasteiger partial charge >= 0.3 is 0 Å². The first kappa shape index (κ1) is 24.2. The Balaban J connectivity index is 1.50. The third-order valence-corrected chi connectivity index (χ3v) is 7.70. The zero-order valence-corrected chi connectivity index (χ0v) is 21.4. The molecule has 0 unspecified atom stereocenters. The van der Waals surface area contributed by atoms with E-state index in [1.54, 1.807) is 4.57 Å². The van der Waals surface area contributed by atoms with Gasteiger partial charge in [0.05, 0.1) is 17.8 Å². The molecular formula is C27H29N3O2S2. The number of hydrogen-bond donors (Lipinski definition) is 1. The van der Waals surface area contributed by atoms with Crippen molar-refractivity contribution < 1.29 is 4.79 Å². The Kier molecular flexibility index (Phi) is 7.85. The lowest BCUT2D eigenvalue weighted by Crippen LogP contribution is -2.24. The Morgan fingerprint density at radius 2 is 1.82 bits per heavy atom. The fourth-order valence-electron chi connectivity index (χ4n) is 3.72. The van der Waals surface area contributed by atoms with Crippen molar-refractivity contribution in [2.24, 2.45) is 0 Å². The summed E-state index contributed by atoms with van der Waals surface area (Å²) < 4.78 is 2.32. The minimum Gasteiger partial charge on any atom is -0.325 e. The SMILES string of the molecule is CCCCc1ccc(NC(=O)CSc2nc3ccsc3c(=O)n2Cc2ccc(C)c(C)c2)cc1. The van der Waals surface area contributed by atoms with Gasteiger partial charge in [0.15, 0.2) is 5.16 Å². The highest BCUT2D eigenvalue weighted by atomic mass is 32.2. The normalized spacial score (nSPS) is 11.1. The fraction of sp³-hybridized carbons (Fsp3) is 0.296. The first-order valence-corrected chi connectivity index (χ1v) is 13.4. The number of benzene rings is 2. The van der Waals surface area contributed by atoms with E-state index in [-0.39, 0.29) is 17.2 Å². The maximum absolute atomic E-state index is 13.2. The van der Waals surface area contributed by atoms with Gasteiger partial charge in [0.25, 0.3) is 5.56 Å². The lowest BCUT2D eigenvalue weighted by Gasteiger charge is -2.13. The van der Waals surface area contributed by atoms with E-state index in [4.69, 9.17) is 4.98 Å². The highest BCUT2D eigenvalue weighted by Crippen LogP contribution is 2.23. The summed E-state index contributed by atoms with van der Waals surface area (Å²) in [6, 6.07) is 16.1. The summed E-state index contributed by atoms with van der Waals surface area (Å²) in [6.07, 6.45) is 3.37. The number of carbonyl (C=O) groups excluding carboxylic acids is 1. The lowest BCUT2D eigenvalue weighted by molar-refractivity contribution is -0.113. The predicted molar refractivity (Wildman–Crippen MR) is 143 cm³/mol. The average molecular weight is 492 g/mol. The molecule has 0 fully saturated rings. The molecule has 4 rings (SSSR count). The number of aromatic nitrogens is 2. The van der Waals surface area contributed by atoms with Crippen LogP contribution < -0.4 is 10.9 Å². The minimum absolute atomic E-state index is 0.0659. The third kappa shape index (κ3) is 5.77. The Labute approximate surface area is 208 Å². The van der Waals surface area contributed by atoms with Crippen LogP contribution in [0.25, 0.3) is 10.2 Å². The van der Waals surface area contributed by atoms with Gasteiger partial charge in [-0.15, -0.1) is 11.3 Å². The van der Waals surface area contributed by atoms with Gasteiger partial charge in [-0.2, -0.15) is 0 Å². The number of amides is 1. The first-order valence-electron chi connectivity index (χ1n) is 11.5. The number of carbonyl (C=O) groups is 1. The zero-order chi connectivity index (χ0) is 24.1. The van der Waals surface area contributed by atoms with E-state index < -0.39 is 0 Å². The molecule has 7 heteroatoms. The van der Waals surface area contributed by atoms with Crippen LogP contribution in [0.15, 0.2) is 63.9 Å². The van der Waals surface area contributed by atoms with Crippen LogP contribution in [0.1, 0.15) is 42.0 Å². The molecule has 0 spiro atoms. The van der Waals surface area contributed by atoms with Gasteiger partial charge < -0.3 is 5.32 Å². The molecule has 2 heterocycles. The minimum atomic E-state index is -0.122. The molecule has 34 heavy (non-hydrogen) atoms. The second-order valence-corrected chi connectivity index (χ2v) is 10.3. The molecule has 2 aromatic heterocycles. The Hall–Kier alpha value is -2.90. The maximum atomic E-state index is 13.2. The van der Waals surface area contributed by atoms with Crippen molar-refractivity contribution in [2.45, 2.75) is 51.7 Å². The maximum Gasteiger partial charge on any atom is 0.272 e. The summed E-state index contributed by atoms with van der Waals surface area (Å²) in [5.41, 5.74) is 6.10. The van der Waals surface area contributed by atoms with E-state index in [1.165, 1.54) is 39.8 Å². The molecule has 176 valence electrons. The van der Waals surface area contributed by atoms with Crippen molar-refractivity contribution in [3.05, 3.63) is 86.5 Å². The summed E-state index contributed by atoms with van der Waals surface area (Å²) >= 11 is 2.69. The monoisotopic (exact) mass is 491 g/mol. The smallest absolute Gasteiger partial charge is 0.272 e. The summed E-state index contributed by atoms with van der Waals surface area (Å²) in [4.78, 5) is 30.6. The Morgan fingerprint density at radius 1 is 1.06 bits per heavy atom. The van der Waals surface area contributed by atoms with E-state index in [9.17, 15) is 9.59 Å². The number of aryl methyl sites for hydroxylation is 3. The summed E-state index contributed by atoms with van der Waals surface area (Å²) in [6.45, 7) is 6.74. The van der Waals surface area contributed by atoms with Gasteiger partial charge in [-0.05, 0) is 72.5 Å². The Bertz CT molecular complexity index is 1360. The average Bonchev–Trinajstić information content (AvgIpc) is 3.30. The van der Waals surface area contributed by atoms with E-state index in [0.717, 1.165) is 30.5 Å². The third-order valence-electron chi connectivity index (χ3n) is 5.83. The van der Waals surface area contributed by atoms with E-state index >= 15 is 0 Å².